The Morgan fingerprint density at radius 1 is 1.53 bits per heavy atom. The first-order valence-corrected chi connectivity index (χ1v) is 7.46. The van der Waals surface area contributed by atoms with E-state index in [1.54, 1.807) is 11.3 Å². The monoisotopic (exact) mass is 284 g/mol. The van der Waals surface area contributed by atoms with Gasteiger partial charge in [-0.05, 0) is 19.3 Å². The molecule has 0 saturated carbocycles. The standard InChI is InChI=1S/C14H24N2O2S/c1-7-18-12(17)8-11-9-19-13(15-11)16(6)10(2)14(3,4)5/h9-10H,7-8H2,1-6H3. The van der Waals surface area contributed by atoms with Gasteiger partial charge in [-0.2, -0.15) is 0 Å². The van der Waals surface area contributed by atoms with E-state index in [4.69, 9.17) is 4.74 Å². The van der Waals surface area contributed by atoms with Crippen LogP contribution in [0.25, 0.3) is 0 Å². The van der Waals surface area contributed by atoms with Crippen LogP contribution in [0.15, 0.2) is 5.38 Å². The van der Waals surface area contributed by atoms with Gasteiger partial charge in [0.05, 0.1) is 18.7 Å². The van der Waals surface area contributed by atoms with Crippen molar-refractivity contribution in [3.63, 3.8) is 0 Å². The molecule has 0 N–H and O–H groups in total. The Morgan fingerprint density at radius 2 is 2.16 bits per heavy atom. The van der Waals surface area contributed by atoms with Gasteiger partial charge in [0.1, 0.15) is 0 Å². The largest absolute Gasteiger partial charge is 0.466 e. The quantitative estimate of drug-likeness (QED) is 0.779. The number of anilines is 1. The first-order chi connectivity index (χ1) is 8.75. The Morgan fingerprint density at radius 3 is 2.68 bits per heavy atom. The number of rotatable bonds is 5. The predicted octanol–water partition coefficient (Wildman–Crippen LogP) is 3.12. The highest BCUT2D eigenvalue weighted by Crippen LogP contribution is 2.29. The van der Waals surface area contributed by atoms with Gasteiger partial charge in [-0.1, -0.05) is 20.8 Å². The number of carbonyl (C=O) groups excluding carboxylic acids is 1. The number of hydrogen-bond donors (Lipinski definition) is 0. The van der Waals surface area contributed by atoms with Gasteiger partial charge < -0.3 is 9.64 Å². The molecule has 1 unspecified atom stereocenters. The van der Waals surface area contributed by atoms with Crippen molar-refractivity contribution in [2.24, 2.45) is 5.41 Å². The fourth-order valence-electron chi connectivity index (χ4n) is 1.65. The molecule has 0 radical (unpaired) electrons. The van der Waals surface area contributed by atoms with Crippen LogP contribution in [0.1, 0.15) is 40.3 Å². The van der Waals surface area contributed by atoms with Crippen molar-refractivity contribution in [1.29, 1.82) is 0 Å². The molecule has 0 aromatic carbocycles. The average Bonchev–Trinajstić information content (AvgIpc) is 2.74. The lowest BCUT2D eigenvalue weighted by molar-refractivity contribution is -0.142. The first-order valence-electron chi connectivity index (χ1n) is 6.58. The first kappa shape index (κ1) is 16.0. The molecular formula is C14H24N2O2S. The van der Waals surface area contributed by atoms with Crippen LogP contribution in [0.5, 0.6) is 0 Å². The van der Waals surface area contributed by atoms with Crippen LogP contribution in [0.3, 0.4) is 0 Å². The molecule has 1 heterocycles. The zero-order valence-corrected chi connectivity index (χ0v) is 13.5. The minimum absolute atomic E-state index is 0.182. The lowest BCUT2D eigenvalue weighted by atomic mass is 9.87. The summed E-state index contributed by atoms with van der Waals surface area (Å²) < 4.78 is 4.93. The molecule has 1 atom stereocenters. The van der Waals surface area contributed by atoms with E-state index in [2.05, 4.69) is 37.6 Å². The molecule has 0 aliphatic carbocycles. The van der Waals surface area contributed by atoms with Crippen molar-refractivity contribution in [3.8, 4) is 0 Å². The Balaban J connectivity index is 2.71. The molecule has 5 heteroatoms. The van der Waals surface area contributed by atoms with Gasteiger partial charge in [0.25, 0.3) is 0 Å². The van der Waals surface area contributed by atoms with Crippen LogP contribution < -0.4 is 4.90 Å². The molecule has 1 aromatic rings. The molecule has 1 rings (SSSR count). The highest BCUT2D eigenvalue weighted by molar-refractivity contribution is 7.13. The zero-order chi connectivity index (χ0) is 14.6. The summed E-state index contributed by atoms with van der Waals surface area (Å²) in [5.41, 5.74) is 0.966. The van der Waals surface area contributed by atoms with E-state index in [1.165, 1.54) is 0 Å². The van der Waals surface area contributed by atoms with Gasteiger partial charge in [-0.15, -0.1) is 11.3 Å². The van der Waals surface area contributed by atoms with Crippen LogP contribution in [0, 0.1) is 5.41 Å². The van der Waals surface area contributed by atoms with Crippen LogP contribution >= 0.6 is 11.3 Å². The second-order valence-corrected chi connectivity index (χ2v) is 6.59. The van der Waals surface area contributed by atoms with Crippen molar-refractivity contribution in [1.82, 2.24) is 4.98 Å². The molecule has 1 aromatic heterocycles. The normalized spacial score (nSPS) is 13.2. The third-order valence-electron chi connectivity index (χ3n) is 3.31. The molecule has 0 spiro atoms. The molecule has 4 nitrogen and oxygen atoms in total. The summed E-state index contributed by atoms with van der Waals surface area (Å²) in [7, 11) is 2.04. The zero-order valence-electron chi connectivity index (χ0n) is 12.7. The minimum atomic E-state index is -0.217. The molecule has 0 aliphatic heterocycles. The summed E-state index contributed by atoms with van der Waals surface area (Å²) >= 11 is 1.57. The fourth-order valence-corrected chi connectivity index (χ4v) is 2.52. The van der Waals surface area contributed by atoms with Crippen molar-refractivity contribution < 1.29 is 9.53 Å². The van der Waals surface area contributed by atoms with Crippen molar-refractivity contribution in [2.45, 2.75) is 47.1 Å². The minimum Gasteiger partial charge on any atom is -0.466 e. The second kappa shape index (κ2) is 6.37. The highest BCUT2D eigenvalue weighted by atomic mass is 32.1. The van der Waals surface area contributed by atoms with Crippen LogP contribution in [-0.2, 0) is 16.0 Å². The molecule has 19 heavy (non-hydrogen) atoms. The summed E-state index contributed by atoms with van der Waals surface area (Å²) in [6.45, 7) is 11.0. The molecule has 0 bridgehead atoms. The number of hydrogen-bond acceptors (Lipinski definition) is 5. The fraction of sp³-hybridized carbons (Fsp3) is 0.714. The van der Waals surface area contributed by atoms with Crippen LogP contribution in [0.4, 0.5) is 5.13 Å². The summed E-state index contributed by atoms with van der Waals surface area (Å²) in [6.07, 6.45) is 0.252. The van der Waals surface area contributed by atoms with Gasteiger partial charge in [0.15, 0.2) is 5.13 Å². The smallest absolute Gasteiger partial charge is 0.311 e. The van der Waals surface area contributed by atoms with E-state index in [0.717, 1.165) is 10.8 Å². The summed E-state index contributed by atoms with van der Waals surface area (Å²) in [4.78, 5) is 18.1. The number of aromatic nitrogens is 1. The Bertz CT molecular complexity index is 423. The van der Waals surface area contributed by atoms with E-state index in [1.807, 2.05) is 19.4 Å². The molecule has 0 saturated heterocycles. The summed E-state index contributed by atoms with van der Waals surface area (Å²) in [5.74, 6) is -0.217. The number of esters is 1. The molecule has 0 aliphatic rings. The average molecular weight is 284 g/mol. The van der Waals surface area contributed by atoms with E-state index < -0.39 is 0 Å². The Labute approximate surface area is 119 Å². The number of ether oxygens (including phenoxy) is 1. The van der Waals surface area contributed by atoms with E-state index in [0.29, 0.717) is 12.6 Å². The third kappa shape index (κ3) is 4.49. The number of nitrogens with zero attached hydrogens (tertiary/aromatic N) is 2. The maximum Gasteiger partial charge on any atom is 0.311 e. The molecular weight excluding hydrogens is 260 g/mol. The van der Waals surface area contributed by atoms with Crippen molar-refractivity contribution >= 4 is 22.4 Å². The lowest BCUT2D eigenvalue weighted by Gasteiger charge is -2.35. The maximum atomic E-state index is 11.4. The SMILES string of the molecule is CCOC(=O)Cc1csc(N(C)C(C)C(C)(C)C)n1. The molecule has 0 amide bonds. The third-order valence-corrected chi connectivity index (χ3v) is 4.29. The Kier molecular flexibility index (Phi) is 5.35. The highest BCUT2D eigenvalue weighted by Gasteiger charge is 2.25. The Hall–Kier alpha value is -1.10. The van der Waals surface area contributed by atoms with E-state index in [-0.39, 0.29) is 17.8 Å². The van der Waals surface area contributed by atoms with Crippen molar-refractivity contribution in [3.05, 3.63) is 11.1 Å². The van der Waals surface area contributed by atoms with Crippen LogP contribution in [-0.4, -0.2) is 30.6 Å². The summed E-state index contributed by atoms with van der Waals surface area (Å²) in [5, 5.41) is 2.87. The number of carbonyl (C=O) groups is 1. The van der Waals surface area contributed by atoms with E-state index in [9.17, 15) is 4.79 Å². The lowest BCUT2D eigenvalue weighted by Crippen LogP contribution is -2.39. The number of thiazole rings is 1. The van der Waals surface area contributed by atoms with Gasteiger partial charge in [0, 0.05) is 18.5 Å². The van der Waals surface area contributed by atoms with E-state index >= 15 is 0 Å². The maximum absolute atomic E-state index is 11.4. The molecule has 108 valence electrons. The van der Waals surface area contributed by atoms with Gasteiger partial charge in [-0.3, -0.25) is 4.79 Å². The predicted molar refractivity (Wildman–Crippen MR) is 79.8 cm³/mol. The van der Waals surface area contributed by atoms with Gasteiger partial charge in [-0.25, -0.2) is 4.98 Å². The summed E-state index contributed by atoms with van der Waals surface area (Å²) in [6, 6.07) is 0.370. The topological polar surface area (TPSA) is 42.4 Å². The molecule has 0 fully saturated rings. The van der Waals surface area contributed by atoms with Crippen molar-refractivity contribution in [2.75, 3.05) is 18.6 Å². The van der Waals surface area contributed by atoms with Crippen LogP contribution in [0.2, 0.25) is 0 Å². The second-order valence-electron chi connectivity index (χ2n) is 5.76. The van der Waals surface area contributed by atoms with Gasteiger partial charge >= 0.3 is 5.97 Å². The van der Waals surface area contributed by atoms with Gasteiger partial charge in [0.2, 0.25) is 0 Å².